The fraction of sp³-hybridized carbons (Fsp3) is 0.467. The summed E-state index contributed by atoms with van der Waals surface area (Å²) in [6, 6.07) is 7.28. The van der Waals surface area contributed by atoms with Gasteiger partial charge in [0.15, 0.2) is 0 Å². The lowest BCUT2D eigenvalue weighted by Crippen LogP contribution is -2.38. The van der Waals surface area contributed by atoms with Crippen LogP contribution in [0.25, 0.3) is 0 Å². The van der Waals surface area contributed by atoms with Gasteiger partial charge in [0.05, 0.1) is 18.6 Å². The van der Waals surface area contributed by atoms with Gasteiger partial charge < -0.3 is 9.84 Å². The van der Waals surface area contributed by atoms with E-state index in [2.05, 4.69) is 4.90 Å². The number of aliphatic carboxylic acids is 1. The number of hydrogen-bond acceptors (Lipinski definition) is 4. The first-order chi connectivity index (χ1) is 9.60. The topological polar surface area (TPSA) is 66.8 Å². The van der Waals surface area contributed by atoms with Crippen molar-refractivity contribution in [1.29, 1.82) is 0 Å². The van der Waals surface area contributed by atoms with Crippen molar-refractivity contribution in [3.63, 3.8) is 0 Å². The molecule has 1 N–H and O–H groups in total. The Hall–Kier alpha value is -1.88. The molecule has 108 valence electrons. The number of piperidine rings is 1. The lowest BCUT2D eigenvalue weighted by Gasteiger charge is -2.30. The predicted molar refractivity (Wildman–Crippen MR) is 73.4 cm³/mol. The summed E-state index contributed by atoms with van der Waals surface area (Å²) in [6.07, 6.45) is 1.64. The molecule has 0 bridgehead atoms. The number of carboxylic acids is 1. The molecule has 0 amide bonds. The number of ether oxygens (including phenoxy) is 1. The summed E-state index contributed by atoms with van der Waals surface area (Å²) in [5, 5.41) is 9.08. The molecule has 1 aromatic rings. The van der Waals surface area contributed by atoms with Crippen molar-refractivity contribution in [2.24, 2.45) is 5.92 Å². The van der Waals surface area contributed by atoms with Crippen LogP contribution in [0.5, 0.6) is 0 Å². The summed E-state index contributed by atoms with van der Waals surface area (Å²) in [7, 11) is 1.36. The van der Waals surface area contributed by atoms with Crippen molar-refractivity contribution in [3.8, 4) is 0 Å². The molecule has 1 heterocycles. The highest BCUT2D eigenvalue weighted by molar-refractivity contribution is 5.89. The average molecular weight is 277 g/mol. The zero-order chi connectivity index (χ0) is 14.5. The van der Waals surface area contributed by atoms with E-state index in [1.165, 1.54) is 7.11 Å². The molecule has 0 spiro atoms. The molecule has 1 aromatic carbocycles. The highest BCUT2D eigenvalue weighted by Gasteiger charge is 2.25. The molecule has 5 nitrogen and oxygen atoms in total. The van der Waals surface area contributed by atoms with Gasteiger partial charge in [0.2, 0.25) is 0 Å². The number of nitrogens with zero attached hydrogens (tertiary/aromatic N) is 1. The molecule has 1 unspecified atom stereocenters. The first-order valence-corrected chi connectivity index (χ1v) is 6.72. The van der Waals surface area contributed by atoms with Crippen LogP contribution in [0.15, 0.2) is 24.3 Å². The second-order valence-corrected chi connectivity index (χ2v) is 5.10. The first kappa shape index (κ1) is 14.5. The second kappa shape index (κ2) is 6.52. The minimum Gasteiger partial charge on any atom is -0.481 e. The van der Waals surface area contributed by atoms with Gasteiger partial charge in [-0.15, -0.1) is 0 Å². The average Bonchev–Trinajstić information content (AvgIpc) is 2.47. The Balaban J connectivity index is 2.02. The summed E-state index contributed by atoms with van der Waals surface area (Å²) in [5.41, 5.74) is 1.52. The third-order valence-corrected chi connectivity index (χ3v) is 3.61. The standard InChI is InChI=1S/C15H19NO4/c1-20-15(19)12-5-2-4-11(8-12)9-16-7-3-6-13(10-16)14(17)18/h2,4-5,8,13H,3,6-7,9-10H2,1H3,(H,17,18). The summed E-state index contributed by atoms with van der Waals surface area (Å²) in [4.78, 5) is 24.7. The molecule has 5 heteroatoms. The molecule has 1 aliphatic heterocycles. The van der Waals surface area contributed by atoms with Gasteiger partial charge in [0.1, 0.15) is 0 Å². The number of carbonyl (C=O) groups is 2. The maximum Gasteiger partial charge on any atom is 0.337 e. The largest absolute Gasteiger partial charge is 0.481 e. The van der Waals surface area contributed by atoms with Gasteiger partial charge in [0.25, 0.3) is 0 Å². The number of carboxylic acid groups (broad SMARTS) is 1. The van der Waals surface area contributed by atoms with E-state index >= 15 is 0 Å². The monoisotopic (exact) mass is 277 g/mol. The fourth-order valence-electron chi connectivity index (χ4n) is 2.57. The van der Waals surface area contributed by atoms with E-state index in [1.54, 1.807) is 12.1 Å². The molecule has 0 aromatic heterocycles. The lowest BCUT2D eigenvalue weighted by molar-refractivity contribution is -0.143. The van der Waals surface area contributed by atoms with Gasteiger partial charge in [-0.3, -0.25) is 9.69 Å². The van der Waals surface area contributed by atoms with Crippen molar-refractivity contribution in [3.05, 3.63) is 35.4 Å². The van der Waals surface area contributed by atoms with E-state index in [1.807, 2.05) is 12.1 Å². The molecule has 1 aliphatic rings. The number of hydrogen-bond donors (Lipinski definition) is 1. The van der Waals surface area contributed by atoms with Gasteiger partial charge in [0, 0.05) is 13.1 Å². The molecule has 0 aliphatic carbocycles. The molecular formula is C15H19NO4. The first-order valence-electron chi connectivity index (χ1n) is 6.72. The van der Waals surface area contributed by atoms with Crippen molar-refractivity contribution in [2.45, 2.75) is 19.4 Å². The maximum atomic E-state index is 11.5. The van der Waals surface area contributed by atoms with Crippen LogP contribution in [-0.4, -0.2) is 42.1 Å². The number of rotatable bonds is 4. The zero-order valence-electron chi connectivity index (χ0n) is 11.5. The van der Waals surface area contributed by atoms with Crippen LogP contribution in [0.2, 0.25) is 0 Å². The zero-order valence-corrected chi connectivity index (χ0v) is 11.5. The van der Waals surface area contributed by atoms with E-state index < -0.39 is 5.97 Å². The smallest absolute Gasteiger partial charge is 0.337 e. The van der Waals surface area contributed by atoms with Crippen molar-refractivity contribution < 1.29 is 19.4 Å². The van der Waals surface area contributed by atoms with Crippen molar-refractivity contribution in [1.82, 2.24) is 4.90 Å². The third kappa shape index (κ3) is 3.57. The van der Waals surface area contributed by atoms with Crippen LogP contribution in [0.4, 0.5) is 0 Å². The number of likely N-dealkylation sites (tertiary alicyclic amines) is 1. The van der Waals surface area contributed by atoms with Crippen LogP contribution in [0.3, 0.4) is 0 Å². The highest BCUT2D eigenvalue weighted by atomic mass is 16.5. The Bertz CT molecular complexity index is 500. The van der Waals surface area contributed by atoms with E-state index in [-0.39, 0.29) is 11.9 Å². The summed E-state index contributed by atoms with van der Waals surface area (Å²) >= 11 is 0. The molecule has 20 heavy (non-hydrogen) atoms. The van der Waals surface area contributed by atoms with Gasteiger partial charge in [-0.05, 0) is 37.1 Å². The van der Waals surface area contributed by atoms with Gasteiger partial charge in [-0.1, -0.05) is 12.1 Å². The Labute approximate surface area is 118 Å². The van der Waals surface area contributed by atoms with Crippen molar-refractivity contribution in [2.75, 3.05) is 20.2 Å². The Morgan fingerprint density at radius 2 is 2.25 bits per heavy atom. The summed E-state index contributed by atoms with van der Waals surface area (Å²) in [6.45, 7) is 2.12. The third-order valence-electron chi connectivity index (χ3n) is 3.61. The number of carbonyl (C=O) groups excluding carboxylic acids is 1. The highest BCUT2D eigenvalue weighted by Crippen LogP contribution is 2.19. The summed E-state index contributed by atoms with van der Waals surface area (Å²) in [5.74, 6) is -1.36. The van der Waals surface area contributed by atoms with Crippen LogP contribution < -0.4 is 0 Å². The Morgan fingerprint density at radius 3 is 2.95 bits per heavy atom. The number of esters is 1. The molecular weight excluding hydrogens is 258 g/mol. The van der Waals surface area contributed by atoms with Crippen LogP contribution in [0, 0.1) is 5.92 Å². The minimum absolute atomic E-state index is 0.285. The van der Waals surface area contributed by atoms with Gasteiger partial charge >= 0.3 is 11.9 Å². The quantitative estimate of drug-likeness (QED) is 0.850. The minimum atomic E-state index is -0.724. The predicted octanol–water partition coefficient (Wildman–Crippen LogP) is 1.77. The van der Waals surface area contributed by atoms with E-state index in [4.69, 9.17) is 9.84 Å². The maximum absolute atomic E-state index is 11.5. The number of benzene rings is 1. The molecule has 0 radical (unpaired) electrons. The van der Waals surface area contributed by atoms with Gasteiger partial charge in [-0.25, -0.2) is 4.79 Å². The number of methoxy groups -OCH3 is 1. The SMILES string of the molecule is COC(=O)c1cccc(CN2CCCC(C(=O)O)C2)c1. The second-order valence-electron chi connectivity index (χ2n) is 5.10. The van der Waals surface area contributed by atoms with Crippen LogP contribution >= 0.6 is 0 Å². The van der Waals surface area contributed by atoms with E-state index in [0.29, 0.717) is 18.7 Å². The Morgan fingerprint density at radius 1 is 1.45 bits per heavy atom. The Kier molecular flexibility index (Phi) is 4.74. The van der Waals surface area contributed by atoms with Crippen molar-refractivity contribution >= 4 is 11.9 Å². The molecule has 2 rings (SSSR count). The molecule has 1 fully saturated rings. The van der Waals surface area contributed by atoms with Crippen LogP contribution in [0.1, 0.15) is 28.8 Å². The molecule has 1 atom stereocenters. The van der Waals surface area contributed by atoms with Crippen LogP contribution in [-0.2, 0) is 16.1 Å². The van der Waals surface area contributed by atoms with E-state index in [9.17, 15) is 9.59 Å². The van der Waals surface area contributed by atoms with Gasteiger partial charge in [-0.2, -0.15) is 0 Å². The van der Waals surface area contributed by atoms with E-state index in [0.717, 1.165) is 24.9 Å². The molecule has 0 saturated carbocycles. The normalized spacial score (nSPS) is 19.6. The summed E-state index contributed by atoms with van der Waals surface area (Å²) < 4.78 is 4.70. The molecule has 1 saturated heterocycles. The lowest BCUT2D eigenvalue weighted by atomic mass is 9.97. The fourth-order valence-corrected chi connectivity index (χ4v) is 2.57.